The summed E-state index contributed by atoms with van der Waals surface area (Å²) < 4.78 is 0. The lowest BCUT2D eigenvalue weighted by Gasteiger charge is -2.15. The lowest BCUT2D eigenvalue weighted by molar-refractivity contribution is 0.678. The first kappa shape index (κ1) is 16.4. The standard InChI is InChI=1S/C19H23N5S/c1-2-13(20)11-22-18-16-14-5-3-4-6-15(14)25-19(16)24-17(23-18)12-7-9-21-10-8-12/h7-10,13H,2-6,11,20H2,1H3,(H,22,23,24)/t13-/m1/s1. The van der Waals surface area contributed by atoms with Crippen molar-refractivity contribution in [1.82, 2.24) is 15.0 Å². The van der Waals surface area contributed by atoms with Gasteiger partial charge in [-0.2, -0.15) is 0 Å². The van der Waals surface area contributed by atoms with Gasteiger partial charge in [0, 0.05) is 35.4 Å². The van der Waals surface area contributed by atoms with Crippen molar-refractivity contribution in [2.24, 2.45) is 5.73 Å². The summed E-state index contributed by atoms with van der Waals surface area (Å²) >= 11 is 1.82. The highest BCUT2D eigenvalue weighted by molar-refractivity contribution is 7.19. The minimum Gasteiger partial charge on any atom is -0.368 e. The number of thiophene rings is 1. The molecule has 1 aliphatic carbocycles. The van der Waals surface area contributed by atoms with Gasteiger partial charge < -0.3 is 11.1 Å². The van der Waals surface area contributed by atoms with Crippen molar-refractivity contribution in [3.05, 3.63) is 35.0 Å². The molecule has 0 aliphatic heterocycles. The Morgan fingerprint density at radius 2 is 2.00 bits per heavy atom. The number of rotatable bonds is 5. The number of nitrogens with two attached hydrogens (primary N) is 1. The zero-order valence-corrected chi connectivity index (χ0v) is 15.3. The zero-order valence-electron chi connectivity index (χ0n) is 14.5. The number of hydrogen-bond acceptors (Lipinski definition) is 6. The number of nitrogens with one attached hydrogen (secondary N) is 1. The molecule has 25 heavy (non-hydrogen) atoms. The topological polar surface area (TPSA) is 76.7 Å². The number of aromatic nitrogens is 3. The van der Waals surface area contributed by atoms with Gasteiger partial charge in [0.25, 0.3) is 0 Å². The predicted molar refractivity (Wildman–Crippen MR) is 104 cm³/mol. The van der Waals surface area contributed by atoms with E-state index in [9.17, 15) is 0 Å². The minimum atomic E-state index is 0.129. The molecule has 3 N–H and O–H groups in total. The van der Waals surface area contributed by atoms with Crippen LogP contribution in [-0.2, 0) is 12.8 Å². The van der Waals surface area contributed by atoms with E-state index in [1.807, 2.05) is 23.5 Å². The Labute approximate surface area is 151 Å². The summed E-state index contributed by atoms with van der Waals surface area (Å²) in [4.78, 5) is 16.4. The fraction of sp³-hybridized carbons (Fsp3) is 0.421. The zero-order chi connectivity index (χ0) is 17.2. The second-order valence-electron chi connectivity index (χ2n) is 6.57. The summed E-state index contributed by atoms with van der Waals surface area (Å²) in [6.45, 7) is 2.83. The van der Waals surface area contributed by atoms with Crippen molar-refractivity contribution in [3.63, 3.8) is 0 Å². The average molecular weight is 353 g/mol. The van der Waals surface area contributed by atoms with E-state index in [4.69, 9.17) is 15.7 Å². The Kier molecular flexibility index (Phi) is 4.63. The molecule has 0 amide bonds. The Balaban J connectivity index is 1.83. The number of nitrogens with zero attached hydrogens (tertiary/aromatic N) is 3. The van der Waals surface area contributed by atoms with E-state index in [1.54, 1.807) is 12.4 Å². The van der Waals surface area contributed by atoms with Crippen LogP contribution in [0.15, 0.2) is 24.5 Å². The van der Waals surface area contributed by atoms with Gasteiger partial charge >= 0.3 is 0 Å². The van der Waals surface area contributed by atoms with Gasteiger partial charge in [-0.25, -0.2) is 9.97 Å². The molecule has 0 fully saturated rings. The molecule has 0 saturated carbocycles. The van der Waals surface area contributed by atoms with Crippen molar-refractivity contribution < 1.29 is 0 Å². The highest BCUT2D eigenvalue weighted by Crippen LogP contribution is 2.39. The molecule has 0 aromatic carbocycles. The van der Waals surface area contributed by atoms with Crippen molar-refractivity contribution in [1.29, 1.82) is 0 Å². The summed E-state index contributed by atoms with van der Waals surface area (Å²) in [5, 5.41) is 4.71. The average Bonchev–Trinajstić information content (AvgIpc) is 3.05. The Morgan fingerprint density at radius 1 is 1.20 bits per heavy atom. The third kappa shape index (κ3) is 3.24. The van der Waals surface area contributed by atoms with Crippen LogP contribution in [0, 0.1) is 0 Å². The first-order valence-corrected chi connectivity index (χ1v) is 9.80. The summed E-state index contributed by atoms with van der Waals surface area (Å²) in [5.74, 6) is 1.68. The first-order chi connectivity index (χ1) is 12.3. The van der Waals surface area contributed by atoms with E-state index in [0.717, 1.165) is 47.8 Å². The van der Waals surface area contributed by atoms with Gasteiger partial charge in [-0.15, -0.1) is 11.3 Å². The number of anilines is 1. The van der Waals surface area contributed by atoms with E-state index < -0.39 is 0 Å². The number of hydrogen-bond donors (Lipinski definition) is 2. The van der Waals surface area contributed by atoms with Crippen LogP contribution in [0.2, 0.25) is 0 Å². The maximum Gasteiger partial charge on any atom is 0.163 e. The third-order valence-corrected chi connectivity index (χ3v) is 5.99. The monoisotopic (exact) mass is 353 g/mol. The quantitative estimate of drug-likeness (QED) is 0.730. The van der Waals surface area contributed by atoms with Gasteiger partial charge in [0.1, 0.15) is 10.6 Å². The van der Waals surface area contributed by atoms with Crippen LogP contribution in [0.4, 0.5) is 5.82 Å². The van der Waals surface area contributed by atoms with E-state index in [0.29, 0.717) is 0 Å². The molecule has 6 heteroatoms. The van der Waals surface area contributed by atoms with Gasteiger partial charge in [-0.3, -0.25) is 4.98 Å². The summed E-state index contributed by atoms with van der Waals surface area (Å²) in [7, 11) is 0. The summed E-state index contributed by atoms with van der Waals surface area (Å²) in [6.07, 6.45) is 9.31. The lowest BCUT2D eigenvalue weighted by Crippen LogP contribution is -2.28. The fourth-order valence-corrected chi connectivity index (χ4v) is 4.55. The van der Waals surface area contributed by atoms with E-state index in [2.05, 4.69) is 17.2 Å². The highest BCUT2D eigenvalue weighted by Gasteiger charge is 2.21. The molecular formula is C19H23N5S. The normalized spacial score (nSPS) is 15.1. The van der Waals surface area contributed by atoms with Crippen LogP contribution in [-0.4, -0.2) is 27.5 Å². The summed E-state index contributed by atoms with van der Waals surface area (Å²) in [5.41, 5.74) is 8.55. The van der Waals surface area contributed by atoms with Gasteiger partial charge in [-0.05, 0) is 49.8 Å². The summed E-state index contributed by atoms with van der Waals surface area (Å²) in [6, 6.07) is 4.04. The minimum absolute atomic E-state index is 0.129. The van der Waals surface area contributed by atoms with Crippen LogP contribution in [0.5, 0.6) is 0 Å². The largest absolute Gasteiger partial charge is 0.368 e. The second kappa shape index (κ2) is 7.06. The number of aryl methyl sites for hydroxylation is 2. The molecule has 0 saturated heterocycles. The number of fused-ring (bicyclic) bond motifs is 3. The molecule has 4 rings (SSSR count). The van der Waals surface area contributed by atoms with Gasteiger partial charge in [0.2, 0.25) is 0 Å². The van der Waals surface area contributed by atoms with Crippen molar-refractivity contribution >= 4 is 27.4 Å². The van der Waals surface area contributed by atoms with Gasteiger partial charge in [0.15, 0.2) is 5.82 Å². The van der Waals surface area contributed by atoms with E-state index in [1.165, 1.54) is 28.7 Å². The Morgan fingerprint density at radius 3 is 2.80 bits per heavy atom. The van der Waals surface area contributed by atoms with Gasteiger partial charge in [0.05, 0.1) is 5.39 Å². The molecule has 0 unspecified atom stereocenters. The van der Waals surface area contributed by atoms with Crippen LogP contribution >= 0.6 is 11.3 Å². The number of pyridine rings is 1. The SMILES string of the molecule is CC[C@@H](N)CNc1nc(-c2ccncc2)nc2sc3c(c12)CCCC3. The molecule has 0 spiro atoms. The van der Waals surface area contributed by atoms with Crippen LogP contribution in [0.3, 0.4) is 0 Å². The second-order valence-corrected chi connectivity index (χ2v) is 7.66. The van der Waals surface area contributed by atoms with Crippen molar-refractivity contribution in [2.75, 3.05) is 11.9 Å². The molecular weight excluding hydrogens is 330 g/mol. The lowest BCUT2D eigenvalue weighted by atomic mass is 9.97. The molecule has 3 heterocycles. The molecule has 0 bridgehead atoms. The molecule has 130 valence electrons. The molecule has 5 nitrogen and oxygen atoms in total. The highest BCUT2D eigenvalue weighted by atomic mass is 32.1. The van der Waals surface area contributed by atoms with Crippen LogP contribution in [0.25, 0.3) is 21.6 Å². The van der Waals surface area contributed by atoms with Crippen LogP contribution in [0.1, 0.15) is 36.6 Å². The molecule has 3 aromatic rings. The first-order valence-electron chi connectivity index (χ1n) is 8.98. The fourth-order valence-electron chi connectivity index (χ4n) is 3.29. The van der Waals surface area contributed by atoms with E-state index >= 15 is 0 Å². The molecule has 3 aromatic heterocycles. The maximum absolute atomic E-state index is 6.12. The Hall–Kier alpha value is -2.05. The third-order valence-electron chi connectivity index (χ3n) is 4.81. The maximum atomic E-state index is 6.12. The predicted octanol–water partition coefficient (Wildman–Crippen LogP) is 3.78. The molecule has 1 aliphatic rings. The smallest absolute Gasteiger partial charge is 0.163 e. The van der Waals surface area contributed by atoms with Crippen molar-refractivity contribution in [3.8, 4) is 11.4 Å². The Bertz CT molecular complexity index is 874. The molecule has 1 atom stereocenters. The van der Waals surface area contributed by atoms with Crippen LogP contribution < -0.4 is 11.1 Å². The van der Waals surface area contributed by atoms with E-state index in [-0.39, 0.29) is 6.04 Å². The van der Waals surface area contributed by atoms with Gasteiger partial charge in [-0.1, -0.05) is 6.92 Å². The molecule has 0 radical (unpaired) electrons. The van der Waals surface area contributed by atoms with Crippen molar-refractivity contribution in [2.45, 2.75) is 45.1 Å².